The Morgan fingerprint density at radius 1 is 1.41 bits per heavy atom. The van der Waals surface area contributed by atoms with E-state index in [1.54, 1.807) is 17.0 Å². The summed E-state index contributed by atoms with van der Waals surface area (Å²) in [6, 6.07) is 8.52. The molecule has 4 heteroatoms. The second kappa shape index (κ2) is 3.90. The molecule has 114 valence electrons. The molecule has 0 unspecified atom stereocenters. The topological polar surface area (TPSA) is 44.1 Å². The minimum Gasteiger partial charge on any atom is -0.319 e. The van der Waals surface area contributed by atoms with Crippen molar-refractivity contribution in [2.24, 2.45) is 16.7 Å². The Hall–Kier alpha value is -1.89. The van der Waals surface area contributed by atoms with E-state index in [0.717, 1.165) is 19.3 Å². The van der Waals surface area contributed by atoms with E-state index >= 15 is 0 Å². The maximum absolute atomic E-state index is 14.0. The second-order valence-electron chi connectivity index (χ2n) is 7.53. The largest absolute Gasteiger partial charge is 0.319 e. The lowest BCUT2D eigenvalue weighted by atomic mass is 9.66. The number of nitriles is 1. The summed E-state index contributed by atoms with van der Waals surface area (Å²) in [7, 11) is 0. The average molecular weight is 298 g/mol. The molecule has 4 bridgehead atoms. The standard InChI is InChI=1S/C18H19FN2O/c1-16-11-21(15(22)13-5-3-4-6-14(13)19)18(10-20)9-12(16)7-8-17(16,18)2/h3-6,12H,7-9,11H2,1-2H3/t12-,16+,17+,18+/m1/s1. The van der Waals surface area contributed by atoms with Crippen molar-refractivity contribution >= 4 is 5.91 Å². The maximum atomic E-state index is 14.0. The molecule has 1 saturated heterocycles. The Kier molecular flexibility index (Phi) is 2.44. The maximum Gasteiger partial charge on any atom is 0.258 e. The molecule has 1 aromatic carbocycles. The molecule has 2 saturated carbocycles. The van der Waals surface area contributed by atoms with Gasteiger partial charge in [0.15, 0.2) is 0 Å². The monoisotopic (exact) mass is 298 g/mol. The van der Waals surface area contributed by atoms with E-state index in [9.17, 15) is 14.4 Å². The summed E-state index contributed by atoms with van der Waals surface area (Å²) < 4.78 is 14.0. The molecule has 3 aliphatic rings. The van der Waals surface area contributed by atoms with E-state index in [4.69, 9.17) is 0 Å². The molecular formula is C18H19FN2O. The fraction of sp³-hybridized carbons (Fsp3) is 0.556. The van der Waals surface area contributed by atoms with Crippen molar-refractivity contribution < 1.29 is 9.18 Å². The zero-order chi connectivity index (χ0) is 15.8. The Morgan fingerprint density at radius 3 is 2.77 bits per heavy atom. The molecule has 4 rings (SSSR count). The summed E-state index contributed by atoms with van der Waals surface area (Å²) >= 11 is 0. The highest BCUT2D eigenvalue weighted by Crippen LogP contribution is 2.75. The van der Waals surface area contributed by atoms with Crippen molar-refractivity contribution in [3.63, 3.8) is 0 Å². The van der Waals surface area contributed by atoms with E-state index in [1.165, 1.54) is 12.1 Å². The van der Waals surface area contributed by atoms with Crippen LogP contribution in [0.25, 0.3) is 0 Å². The Labute approximate surface area is 129 Å². The Morgan fingerprint density at radius 2 is 2.14 bits per heavy atom. The number of halogens is 1. The van der Waals surface area contributed by atoms with Gasteiger partial charge in [-0.2, -0.15) is 5.26 Å². The molecule has 1 amide bonds. The predicted octanol–water partition coefficient (Wildman–Crippen LogP) is 3.37. The summed E-state index contributed by atoms with van der Waals surface area (Å²) in [6.07, 6.45) is 2.84. The van der Waals surface area contributed by atoms with Crippen LogP contribution in [0.3, 0.4) is 0 Å². The normalized spacial score (nSPS) is 41.7. The highest BCUT2D eigenvalue weighted by atomic mass is 19.1. The van der Waals surface area contributed by atoms with Gasteiger partial charge in [-0.25, -0.2) is 4.39 Å². The van der Waals surface area contributed by atoms with Crippen molar-refractivity contribution in [3.8, 4) is 6.07 Å². The smallest absolute Gasteiger partial charge is 0.258 e. The summed E-state index contributed by atoms with van der Waals surface area (Å²) in [6.45, 7) is 4.92. The summed E-state index contributed by atoms with van der Waals surface area (Å²) in [5.74, 6) is -0.347. The molecule has 3 fully saturated rings. The van der Waals surface area contributed by atoms with Crippen molar-refractivity contribution in [1.29, 1.82) is 5.26 Å². The number of hydrogen-bond acceptors (Lipinski definition) is 2. The molecule has 4 atom stereocenters. The van der Waals surface area contributed by atoms with Gasteiger partial charge in [-0.1, -0.05) is 26.0 Å². The van der Waals surface area contributed by atoms with Crippen LogP contribution in [0.15, 0.2) is 24.3 Å². The van der Waals surface area contributed by atoms with Gasteiger partial charge in [0.05, 0.1) is 11.6 Å². The van der Waals surface area contributed by atoms with Crippen LogP contribution in [-0.2, 0) is 0 Å². The van der Waals surface area contributed by atoms with E-state index < -0.39 is 11.4 Å². The van der Waals surface area contributed by atoms with Gasteiger partial charge in [-0.15, -0.1) is 0 Å². The van der Waals surface area contributed by atoms with Crippen LogP contribution in [-0.4, -0.2) is 22.9 Å². The number of hydrogen-bond donors (Lipinski definition) is 0. The molecule has 1 aromatic rings. The van der Waals surface area contributed by atoms with E-state index in [2.05, 4.69) is 19.9 Å². The molecule has 1 heterocycles. The number of carbonyl (C=O) groups excluding carboxylic acids is 1. The van der Waals surface area contributed by atoms with Gasteiger partial charge < -0.3 is 4.90 Å². The van der Waals surface area contributed by atoms with Gasteiger partial charge in [0, 0.05) is 12.0 Å². The zero-order valence-electron chi connectivity index (χ0n) is 12.9. The third kappa shape index (κ3) is 1.21. The Balaban J connectivity index is 1.82. The zero-order valence-corrected chi connectivity index (χ0v) is 12.9. The van der Waals surface area contributed by atoms with Gasteiger partial charge in [-0.05, 0) is 42.7 Å². The van der Waals surface area contributed by atoms with E-state index in [1.807, 2.05) is 0 Å². The van der Waals surface area contributed by atoms with Crippen LogP contribution in [0, 0.1) is 33.9 Å². The number of likely N-dealkylation sites (tertiary alicyclic amines) is 1. The first-order valence-corrected chi connectivity index (χ1v) is 7.87. The first-order chi connectivity index (χ1) is 10.4. The molecule has 0 radical (unpaired) electrons. The number of rotatable bonds is 1. The number of carbonyl (C=O) groups is 1. The molecule has 0 aromatic heterocycles. The summed E-state index contributed by atoms with van der Waals surface area (Å²) in [4.78, 5) is 14.6. The number of nitrogens with zero attached hydrogens (tertiary/aromatic N) is 2. The fourth-order valence-corrected chi connectivity index (χ4v) is 5.54. The van der Waals surface area contributed by atoms with Crippen LogP contribution in [0.5, 0.6) is 0 Å². The highest BCUT2D eigenvalue weighted by molar-refractivity contribution is 5.96. The summed E-state index contributed by atoms with van der Waals surface area (Å²) in [5, 5.41) is 9.94. The minimum atomic E-state index is -0.774. The van der Waals surface area contributed by atoms with Gasteiger partial charge in [0.2, 0.25) is 0 Å². The lowest BCUT2D eigenvalue weighted by Gasteiger charge is -2.43. The second-order valence-corrected chi connectivity index (χ2v) is 7.53. The van der Waals surface area contributed by atoms with Crippen LogP contribution in [0.2, 0.25) is 0 Å². The van der Waals surface area contributed by atoms with Crippen molar-refractivity contribution in [1.82, 2.24) is 4.90 Å². The number of amides is 1. The predicted molar refractivity (Wildman–Crippen MR) is 79.3 cm³/mol. The van der Waals surface area contributed by atoms with Crippen LogP contribution in [0.1, 0.15) is 43.5 Å². The number of benzene rings is 1. The molecule has 1 aliphatic heterocycles. The number of piperidine rings is 1. The van der Waals surface area contributed by atoms with Crippen LogP contribution < -0.4 is 0 Å². The molecule has 0 spiro atoms. The third-order valence-electron chi connectivity index (χ3n) is 7.09. The van der Waals surface area contributed by atoms with Gasteiger partial charge in [0.1, 0.15) is 11.4 Å². The van der Waals surface area contributed by atoms with Crippen molar-refractivity contribution in [2.75, 3.05) is 6.54 Å². The average Bonchev–Trinajstić information content (AvgIpc) is 2.96. The molecule has 22 heavy (non-hydrogen) atoms. The van der Waals surface area contributed by atoms with Crippen molar-refractivity contribution in [2.45, 2.75) is 38.6 Å². The van der Waals surface area contributed by atoms with Crippen LogP contribution in [0.4, 0.5) is 4.39 Å². The van der Waals surface area contributed by atoms with E-state index in [-0.39, 0.29) is 22.3 Å². The first kappa shape index (κ1) is 13.8. The fourth-order valence-electron chi connectivity index (χ4n) is 5.54. The quantitative estimate of drug-likeness (QED) is 0.798. The summed E-state index contributed by atoms with van der Waals surface area (Å²) in [5.41, 5.74) is -0.902. The molecule has 2 aliphatic carbocycles. The van der Waals surface area contributed by atoms with Crippen molar-refractivity contribution in [3.05, 3.63) is 35.6 Å². The van der Waals surface area contributed by atoms with Gasteiger partial charge >= 0.3 is 0 Å². The first-order valence-electron chi connectivity index (χ1n) is 7.87. The highest BCUT2D eigenvalue weighted by Gasteiger charge is 2.78. The minimum absolute atomic E-state index is 0.0242. The lowest BCUT2D eigenvalue weighted by molar-refractivity contribution is 0.0425. The van der Waals surface area contributed by atoms with Gasteiger partial charge in [0.25, 0.3) is 5.91 Å². The molecule has 3 nitrogen and oxygen atoms in total. The van der Waals surface area contributed by atoms with E-state index in [0.29, 0.717) is 12.5 Å². The Bertz CT molecular complexity index is 726. The SMILES string of the molecule is C[C@@]12CC[C@@H]3C[C@@]1(C#N)N(C(=O)c1ccccc1F)C[C@@]32C. The lowest BCUT2D eigenvalue weighted by Crippen LogP contribution is -2.54. The third-order valence-corrected chi connectivity index (χ3v) is 7.09. The molecular weight excluding hydrogens is 279 g/mol. The van der Waals surface area contributed by atoms with Gasteiger partial charge in [-0.3, -0.25) is 4.79 Å². The molecule has 0 N–H and O–H groups in total. The van der Waals surface area contributed by atoms with Crippen LogP contribution >= 0.6 is 0 Å².